The minimum absolute atomic E-state index is 0.310. The van der Waals surface area contributed by atoms with Crippen molar-refractivity contribution in [3.05, 3.63) is 78.3 Å². The zero-order valence-electron chi connectivity index (χ0n) is 10.9. The lowest BCUT2D eigenvalue weighted by Gasteiger charge is -1.93. The molecule has 0 radical (unpaired) electrons. The predicted octanol–water partition coefficient (Wildman–Crippen LogP) is 2.32. The maximum atomic E-state index is 12.3. The van der Waals surface area contributed by atoms with E-state index in [4.69, 9.17) is 0 Å². The number of halogens is 1. The molecule has 0 saturated carbocycles. The predicted molar refractivity (Wildman–Crippen MR) is 85.8 cm³/mol. The minimum Gasteiger partial charge on any atom is -0.267 e. The van der Waals surface area contributed by atoms with Gasteiger partial charge in [-0.3, -0.25) is 4.79 Å². The molecule has 0 atom stereocenters. The Bertz CT molecular complexity index is 1190. The molecule has 0 bridgehead atoms. The average Bonchev–Trinajstić information content (AvgIpc) is 2.80. The number of para-hydroxylation sites is 1. The first-order chi connectivity index (χ1) is 10.1. The fourth-order valence-electron chi connectivity index (χ4n) is 2.67. The summed E-state index contributed by atoms with van der Waals surface area (Å²) in [5, 5.41) is 3.82. The monoisotopic (exact) mass is 336 g/mol. The first-order valence-electron chi connectivity index (χ1n) is 6.46. The number of hydrogen-bond acceptors (Lipinski definition) is 3. The van der Waals surface area contributed by atoms with Crippen molar-refractivity contribution in [1.82, 2.24) is 4.98 Å². The Morgan fingerprint density at radius 3 is 2.76 bits per heavy atom. The molecule has 1 aromatic heterocycles. The molecule has 1 aliphatic heterocycles. The molecule has 2 aromatic carbocycles. The highest BCUT2D eigenvalue weighted by Crippen LogP contribution is 2.25. The van der Waals surface area contributed by atoms with Crippen molar-refractivity contribution >= 4 is 39.1 Å². The van der Waals surface area contributed by atoms with Gasteiger partial charge in [-0.05, 0) is 24.3 Å². The van der Waals surface area contributed by atoms with Gasteiger partial charge in [-0.1, -0.05) is 40.7 Å². The highest BCUT2D eigenvalue weighted by molar-refractivity contribution is 9.10. The topological polar surface area (TPSA) is 42.3 Å². The SMILES string of the molecule is C=c1c(=O)nc2ccccc2c2c1=c1cc(Br)ccc1=N2. The lowest BCUT2D eigenvalue weighted by molar-refractivity contribution is 1.28. The number of hydrogen-bond donors (Lipinski definition) is 0. The summed E-state index contributed by atoms with van der Waals surface area (Å²) in [6.45, 7) is 3.93. The second-order valence-corrected chi connectivity index (χ2v) is 5.83. The molecule has 1 aliphatic rings. The molecule has 4 rings (SSSR count). The molecule has 0 unspecified atom stereocenters. The van der Waals surface area contributed by atoms with Crippen LogP contribution in [0.3, 0.4) is 0 Å². The largest absolute Gasteiger partial charge is 0.277 e. The summed E-state index contributed by atoms with van der Waals surface area (Å²) in [6, 6.07) is 13.4. The normalized spacial score (nSPS) is 11.9. The van der Waals surface area contributed by atoms with Crippen LogP contribution in [0.1, 0.15) is 0 Å². The standard InChI is InChI=1S/C17H9BrN2O/c1-9-15-12-8-10(18)6-7-14(12)19-16(15)11-4-2-3-5-13(11)20-17(9)21/h2-8H,1H2. The van der Waals surface area contributed by atoms with Crippen LogP contribution in [0.2, 0.25) is 0 Å². The summed E-state index contributed by atoms with van der Waals surface area (Å²) in [7, 11) is 0. The van der Waals surface area contributed by atoms with Gasteiger partial charge in [-0.25, -0.2) is 9.98 Å². The molecule has 0 saturated heterocycles. The van der Waals surface area contributed by atoms with Gasteiger partial charge in [0.15, 0.2) is 0 Å². The molecular weight excluding hydrogens is 328 g/mol. The van der Waals surface area contributed by atoms with E-state index in [1.54, 1.807) is 0 Å². The van der Waals surface area contributed by atoms with E-state index < -0.39 is 0 Å². The fourth-order valence-corrected chi connectivity index (χ4v) is 3.03. The summed E-state index contributed by atoms with van der Waals surface area (Å²) in [6.07, 6.45) is 0. The minimum atomic E-state index is -0.310. The second-order valence-electron chi connectivity index (χ2n) is 4.91. The molecule has 100 valence electrons. The molecule has 0 spiro atoms. The van der Waals surface area contributed by atoms with E-state index in [0.717, 1.165) is 31.3 Å². The molecule has 3 nitrogen and oxygen atoms in total. The molecule has 0 fully saturated rings. The van der Waals surface area contributed by atoms with Gasteiger partial charge in [-0.15, -0.1) is 0 Å². The average molecular weight is 337 g/mol. The Morgan fingerprint density at radius 1 is 1.10 bits per heavy atom. The molecule has 3 aromatic rings. The van der Waals surface area contributed by atoms with Gasteiger partial charge in [0.25, 0.3) is 5.56 Å². The van der Waals surface area contributed by atoms with Gasteiger partial charge in [0.1, 0.15) is 0 Å². The fraction of sp³-hybridized carbons (Fsp3) is 0. The second kappa shape index (κ2) is 4.33. The smallest absolute Gasteiger partial charge is 0.267 e. The number of rotatable bonds is 0. The Balaban J connectivity index is 2.50. The number of nitrogens with zero attached hydrogens (tertiary/aromatic N) is 2. The molecule has 4 heteroatoms. The molecule has 0 aliphatic carbocycles. The van der Waals surface area contributed by atoms with E-state index in [0.29, 0.717) is 10.7 Å². The molecule has 0 amide bonds. The van der Waals surface area contributed by atoms with Crippen molar-refractivity contribution < 1.29 is 0 Å². The first-order valence-corrected chi connectivity index (χ1v) is 7.25. The molecule has 21 heavy (non-hydrogen) atoms. The van der Waals surface area contributed by atoms with Crippen LogP contribution in [0.15, 0.2) is 56.7 Å². The van der Waals surface area contributed by atoms with Gasteiger partial charge in [0.2, 0.25) is 0 Å². The Kier molecular flexibility index (Phi) is 2.56. The van der Waals surface area contributed by atoms with Crippen molar-refractivity contribution in [2.75, 3.05) is 0 Å². The number of benzene rings is 2. The van der Waals surface area contributed by atoms with Crippen LogP contribution in [0.5, 0.6) is 0 Å². The maximum Gasteiger partial charge on any atom is 0.277 e. The summed E-state index contributed by atoms with van der Waals surface area (Å²) < 4.78 is 0.944. The van der Waals surface area contributed by atoms with Gasteiger partial charge < -0.3 is 0 Å². The zero-order valence-corrected chi connectivity index (χ0v) is 12.5. The van der Waals surface area contributed by atoms with Crippen LogP contribution in [0, 0.1) is 10.4 Å². The third kappa shape index (κ3) is 1.76. The van der Waals surface area contributed by atoms with Crippen LogP contribution in [-0.4, -0.2) is 4.98 Å². The third-order valence-corrected chi connectivity index (χ3v) is 4.13. The van der Waals surface area contributed by atoms with E-state index in [1.165, 1.54) is 0 Å². The summed E-state index contributed by atoms with van der Waals surface area (Å²) in [4.78, 5) is 21.1. The summed E-state index contributed by atoms with van der Waals surface area (Å²) in [5.74, 6) is 0. The van der Waals surface area contributed by atoms with E-state index >= 15 is 0 Å². The maximum absolute atomic E-state index is 12.3. The van der Waals surface area contributed by atoms with Crippen molar-refractivity contribution in [1.29, 1.82) is 0 Å². The number of aromatic nitrogens is 1. The Labute approximate surface area is 127 Å². The lowest BCUT2D eigenvalue weighted by atomic mass is 10.1. The van der Waals surface area contributed by atoms with Crippen LogP contribution in [-0.2, 0) is 0 Å². The number of fused-ring (bicyclic) bond motifs is 4. The van der Waals surface area contributed by atoms with Crippen molar-refractivity contribution in [3.63, 3.8) is 0 Å². The first kappa shape index (κ1) is 12.4. The van der Waals surface area contributed by atoms with Gasteiger partial charge in [0, 0.05) is 25.5 Å². The van der Waals surface area contributed by atoms with Crippen LogP contribution >= 0.6 is 15.9 Å². The van der Waals surface area contributed by atoms with Crippen LogP contribution < -0.4 is 16.1 Å². The van der Waals surface area contributed by atoms with Gasteiger partial charge in [-0.2, -0.15) is 0 Å². The summed E-state index contributed by atoms with van der Waals surface area (Å²) >= 11 is 3.47. The van der Waals surface area contributed by atoms with Crippen LogP contribution in [0.25, 0.3) is 17.5 Å². The molecule has 2 heterocycles. The quantitative estimate of drug-likeness (QED) is 0.494. The lowest BCUT2D eigenvalue weighted by Crippen LogP contribution is -2.24. The van der Waals surface area contributed by atoms with E-state index in [-0.39, 0.29) is 5.56 Å². The summed E-state index contributed by atoms with van der Waals surface area (Å²) in [5.41, 5.74) is 1.11. The van der Waals surface area contributed by atoms with Crippen molar-refractivity contribution in [3.8, 4) is 0 Å². The van der Waals surface area contributed by atoms with Crippen molar-refractivity contribution in [2.45, 2.75) is 0 Å². The van der Waals surface area contributed by atoms with Crippen molar-refractivity contribution in [2.24, 2.45) is 4.99 Å². The van der Waals surface area contributed by atoms with Crippen LogP contribution in [0.4, 0.5) is 5.69 Å². The van der Waals surface area contributed by atoms with Gasteiger partial charge in [0.05, 0.1) is 16.6 Å². The molecule has 0 N–H and O–H groups in total. The highest BCUT2D eigenvalue weighted by atomic mass is 79.9. The molecular formula is C17H9BrN2O. The van der Waals surface area contributed by atoms with E-state index in [1.807, 2.05) is 42.5 Å². The van der Waals surface area contributed by atoms with E-state index in [2.05, 4.69) is 32.5 Å². The highest BCUT2D eigenvalue weighted by Gasteiger charge is 2.10. The third-order valence-electron chi connectivity index (χ3n) is 3.64. The Morgan fingerprint density at radius 2 is 1.90 bits per heavy atom. The van der Waals surface area contributed by atoms with Gasteiger partial charge >= 0.3 is 0 Å². The van der Waals surface area contributed by atoms with E-state index in [9.17, 15) is 4.79 Å². The zero-order chi connectivity index (χ0) is 14.6. The Hall–Kier alpha value is -2.33.